The van der Waals surface area contributed by atoms with Gasteiger partial charge in [-0.25, -0.2) is 4.98 Å². The summed E-state index contributed by atoms with van der Waals surface area (Å²) in [5.41, 5.74) is 2.34. The third-order valence-corrected chi connectivity index (χ3v) is 4.94. The maximum Gasteiger partial charge on any atom is 0.124 e. The van der Waals surface area contributed by atoms with Crippen LogP contribution in [-0.2, 0) is 12.4 Å². The average Bonchev–Trinajstić information content (AvgIpc) is 3.33. The molecule has 0 bridgehead atoms. The van der Waals surface area contributed by atoms with Crippen LogP contribution >= 0.6 is 11.6 Å². The molecule has 0 aliphatic heterocycles. The molecule has 1 aromatic heterocycles. The normalized spacial score (nSPS) is 19.5. The molecule has 19 heavy (non-hydrogen) atoms. The van der Waals surface area contributed by atoms with Gasteiger partial charge in [0.1, 0.15) is 5.82 Å². The molecule has 2 aliphatic carbocycles. The maximum atomic E-state index is 6.09. The van der Waals surface area contributed by atoms with Crippen LogP contribution in [0.3, 0.4) is 0 Å². The van der Waals surface area contributed by atoms with Crippen LogP contribution in [-0.4, -0.2) is 9.55 Å². The summed E-state index contributed by atoms with van der Waals surface area (Å²) in [5, 5.41) is 0. The lowest BCUT2D eigenvalue weighted by molar-refractivity contribution is 0.350. The zero-order valence-corrected chi connectivity index (χ0v) is 11.8. The second-order valence-corrected chi connectivity index (χ2v) is 6.37. The van der Waals surface area contributed by atoms with Crippen molar-refractivity contribution in [2.24, 2.45) is 17.8 Å². The van der Waals surface area contributed by atoms with E-state index in [1.54, 1.807) is 0 Å². The number of nitrogens with zero attached hydrogens (tertiary/aromatic N) is 2. The van der Waals surface area contributed by atoms with Gasteiger partial charge < -0.3 is 4.57 Å². The van der Waals surface area contributed by atoms with Crippen molar-refractivity contribution in [2.45, 2.75) is 38.1 Å². The first kappa shape index (κ1) is 11.8. The summed E-state index contributed by atoms with van der Waals surface area (Å²) in [6.07, 6.45) is 5.74. The van der Waals surface area contributed by atoms with Gasteiger partial charge >= 0.3 is 0 Å². The van der Waals surface area contributed by atoms with Gasteiger partial charge in [0.2, 0.25) is 0 Å². The SMILES string of the molecule is ClCc1nc2ccccc2n1CC(C1CC1)C1CC1. The number of imidazole rings is 1. The Balaban J connectivity index is 1.72. The second-order valence-electron chi connectivity index (χ2n) is 6.10. The Bertz CT molecular complexity index is 584. The number of fused-ring (bicyclic) bond motifs is 1. The summed E-state index contributed by atoms with van der Waals surface area (Å²) in [6.45, 7) is 1.12. The lowest BCUT2D eigenvalue weighted by atomic mass is 9.98. The molecule has 0 N–H and O–H groups in total. The fourth-order valence-electron chi connectivity index (χ4n) is 3.37. The number of benzene rings is 1. The highest BCUT2D eigenvalue weighted by Gasteiger charge is 2.41. The first-order chi connectivity index (χ1) is 9.36. The van der Waals surface area contributed by atoms with Gasteiger partial charge in [0.15, 0.2) is 0 Å². The summed E-state index contributed by atoms with van der Waals surface area (Å²) in [7, 11) is 0. The van der Waals surface area contributed by atoms with Crippen molar-refractivity contribution in [3.8, 4) is 0 Å². The number of rotatable bonds is 5. The maximum absolute atomic E-state index is 6.09. The molecule has 0 radical (unpaired) electrons. The number of hydrogen-bond acceptors (Lipinski definition) is 1. The number of halogens is 1. The molecule has 2 nitrogen and oxygen atoms in total. The van der Waals surface area contributed by atoms with E-state index in [0.717, 1.165) is 35.6 Å². The summed E-state index contributed by atoms with van der Waals surface area (Å²) in [4.78, 5) is 4.67. The molecule has 100 valence electrons. The van der Waals surface area contributed by atoms with Gasteiger partial charge in [-0.2, -0.15) is 0 Å². The minimum Gasteiger partial charge on any atom is -0.327 e. The monoisotopic (exact) mass is 274 g/mol. The number of para-hydroxylation sites is 2. The first-order valence-electron chi connectivity index (χ1n) is 7.37. The van der Waals surface area contributed by atoms with Gasteiger partial charge in [0.05, 0.1) is 16.9 Å². The number of alkyl halides is 1. The largest absolute Gasteiger partial charge is 0.327 e. The van der Waals surface area contributed by atoms with Crippen molar-refractivity contribution < 1.29 is 0 Å². The van der Waals surface area contributed by atoms with Crippen LogP contribution in [0.4, 0.5) is 0 Å². The summed E-state index contributed by atoms with van der Waals surface area (Å²) in [5.74, 6) is 4.35. The van der Waals surface area contributed by atoms with Crippen molar-refractivity contribution in [2.75, 3.05) is 0 Å². The highest BCUT2D eigenvalue weighted by Crippen LogP contribution is 2.50. The molecule has 2 aliphatic rings. The second kappa shape index (κ2) is 4.52. The van der Waals surface area contributed by atoms with Crippen molar-refractivity contribution in [3.63, 3.8) is 0 Å². The average molecular weight is 275 g/mol. The molecule has 0 atom stereocenters. The van der Waals surface area contributed by atoms with E-state index in [2.05, 4.69) is 33.8 Å². The van der Waals surface area contributed by atoms with E-state index in [4.69, 9.17) is 11.6 Å². The van der Waals surface area contributed by atoms with Crippen LogP contribution in [0.25, 0.3) is 11.0 Å². The van der Waals surface area contributed by atoms with E-state index in [9.17, 15) is 0 Å². The number of aromatic nitrogens is 2. The van der Waals surface area contributed by atoms with Crippen LogP contribution in [0.1, 0.15) is 31.5 Å². The van der Waals surface area contributed by atoms with Crippen molar-refractivity contribution in [1.29, 1.82) is 0 Å². The van der Waals surface area contributed by atoms with Gasteiger partial charge in [0.25, 0.3) is 0 Å². The smallest absolute Gasteiger partial charge is 0.124 e. The van der Waals surface area contributed by atoms with Crippen LogP contribution in [0.2, 0.25) is 0 Å². The number of hydrogen-bond donors (Lipinski definition) is 0. The summed E-state index contributed by atoms with van der Waals surface area (Å²) in [6, 6.07) is 8.42. The quantitative estimate of drug-likeness (QED) is 0.747. The van der Waals surface area contributed by atoms with Crippen molar-refractivity contribution in [1.82, 2.24) is 9.55 Å². The highest BCUT2D eigenvalue weighted by molar-refractivity contribution is 6.16. The van der Waals surface area contributed by atoms with Gasteiger partial charge in [-0.15, -0.1) is 11.6 Å². The molecule has 4 rings (SSSR count). The van der Waals surface area contributed by atoms with Gasteiger partial charge in [0, 0.05) is 6.54 Å². The van der Waals surface area contributed by atoms with E-state index in [0.29, 0.717) is 5.88 Å². The Labute approximate surface area is 118 Å². The molecular weight excluding hydrogens is 256 g/mol. The molecule has 2 fully saturated rings. The van der Waals surface area contributed by atoms with Crippen molar-refractivity contribution >= 4 is 22.6 Å². The van der Waals surface area contributed by atoms with Crippen LogP contribution in [0, 0.1) is 17.8 Å². The predicted octanol–water partition coefficient (Wildman–Crippen LogP) is 4.21. The Hall–Kier alpha value is -1.02. The Morgan fingerprint density at radius 1 is 1.16 bits per heavy atom. The highest BCUT2D eigenvalue weighted by atomic mass is 35.5. The molecule has 0 amide bonds. The molecule has 1 aromatic carbocycles. The van der Waals surface area contributed by atoms with E-state index < -0.39 is 0 Å². The van der Waals surface area contributed by atoms with E-state index in [1.807, 2.05) is 0 Å². The fraction of sp³-hybridized carbons (Fsp3) is 0.562. The molecular formula is C16H19ClN2. The summed E-state index contributed by atoms with van der Waals surface area (Å²) < 4.78 is 2.38. The van der Waals surface area contributed by atoms with Gasteiger partial charge in [-0.3, -0.25) is 0 Å². The zero-order valence-electron chi connectivity index (χ0n) is 11.1. The van der Waals surface area contributed by atoms with Gasteiger partial charge in [-0.1, -0.05) is 12.1 Å². The predicted molar refractivity (Wildman–Crippen MR) is 78.2 cm³/mol. The topological polar surface area (TPSA) is 17.8 Å². The zero-order chi connectivity index (χ0) is 12.8. The lowest BCUT2D eigenvalue weighted by Gasteiger charge is -2.18. The lowest BCUT2D eigenvalue weighted by Crippen LogP contribution is -2.16. The van der Waals surface area contributed by atoms with E-state index >= 15 is 0 Å². The third-order valence-electron chi connectivity index (χ3n) is 4.70. The van der Waals surface area contributed by atoms with E-state index in [1.165, 1.54) is 31.2 Å². The van der Waals surface area contributed by atoms with Crippen LogP contribution in [0.15, 0.2) is 24.3 Å². The molecule has 2 aromatic rings. The molecule has 2 saturated carbocycles. The molecule has 0 saturated heterocycles. The Kier molecular flexibility index (Phi) is 2.80. The molecule has 0 spiro atoms. The fourth-order valence-corrected chi connectivity index (χ4v) is 3.58. The Morgan fingerprint density at radius 2 is 1.84 bits per heavy atom. The molecule has 1 heterocycles. The molecule has 3 heteroatoms. The minimum absolute atomic E-state index is 0.511. The van der Waals surface area contributed by atoms with E-state index in [-0.39, 0.29) is 0 Å². The van der Waals surface area contributed by atoms with Gasteiger partial charge in [-0.05, 0) is 55.6 Å². The third kappa shape index (κ3) is 2.16. The van der Waals surface area contributed by atoms with Crippen molar-refractivity contribution in [3.05, 3.63) is 30.1 Å². The standard InChI is InChI=1S/C16H19ClN2/c17-9-16-18-14-3-1-2-4-15(14)19(16)10-13(11-5-6-11)12-7-8-12/h1-4,11-13H,5-10H2. The van der Waals surface area contributed by atoms with Crippen LogP contribution < -0.4 is 0 Å². The summed E-state index contributed by atoms with van der Waals surface area (Å²) >= 11 is 6.09. The van der Waals surface area contributed by atoms with Crippen LogP contribution in [0.5, 0.6) is 0 Å². The minimum atomic E-state index is 0.511. The Morgan fingerprint density at radius 3 is 2.47 bits per heavy atom. The molecule has 0 unspecified atom stereocenters. The first-order valence-corrected chi connectivity index (χ1v) is 7.90.